The number of imidazole rings is 1. The SMILES string of the molecule is O=C(CC1=CCCC1)N1CCC(c2c[nH]cn2)CC1. The van der Waals surface area contributed by atoms with Gasteiger partial charge in [0.15, 0.2) is 0 Å². The van der Waals surface area contributed by atoms with Gasteiger partial charge in [-0.2, -0.15) is 0 Å². The van der Waals surface area contributed by atoms with E-state index in [0.29, 0.717) is 18.2 Å². The van der Waals surface area contributed by atoms with E-state index < -0.39 is 0 Å². The van der Waals surface area contributed by atoms with E-state index >= 15 is 0 Å². The van der Waals surface area contributed by atoms with Gasteiger partial charge in [-0.25, -0.2) is 4.98 Å². The number of aromatic amines is 1. The maximum atomic E-state index is 12.2. The molecule has 102 valence electrons. The van der Waals surface area contributed by atoms with Gasteiger partial charge in [0.25, 0.3) is 0 Å². The molecule has 1 aromatic heterocycles. The first-order chi connectivity index (χ1) is 9.33. The standard InChI is InChI=1S/C15H21N3O/c19-15(9-12-3-1-2-4-12)18-7-5-13(6-8-18)14-10-16-11-17-14/h3,10-11,13H,1-2,4-9H2,(H,16,17). The highest BCUT2D eigenvalue weighted by Gasteiger charge is 2.25. The van der Waals surface area contributed by atoms with Crippen molar-refractivity contribution in [2.75, 3.05) is 13.1 Å². The third kappa shape index (κ3) is 2.88. The zero-order chi connectivity index (χ0) is 13.1. The number of amides is 1. The van der Waals surface area contributed by atoms with Gasteiger partial charge in [-0.15, -0.1) is 0 Å². The summed E-state index contributed by atoms with van der Waals surface area (Å²) in [6.45, 7) is 1.76. The summed E-state index contributed by atoms with van der Waals surface area (Å²) in [5.74, 6) is 0.828. The number of carbonyl (C=O) groups excluding carboxylic acids is 1. The smallest absolute Gasteiger partial charge is 0.226 e. The maximum Gasteiger partial charge on any atom is 0.226 e. The average molecular weight is 259 g/mol. The van der Waals surface area contributed by atoms with Gasteiger partial charge < -0.3 is 9.88 Å². The third-order valence-electron chi connectivity index (χ3n) is 4.30. The first-order valence-corrected chi connectivity index (χ1v) is 7.27. The number of likely N-dealkylation sites (tertiary alicyclic amines) is 1. The van der Waals surface area contributed by atoms with Crippen LogP contribution in [0.5, 0.6) is 0 Å². The van der Waals surface area contributed by atoms with Crippen molar-refractivity contribution in [3.63, 3.8) is 0 Å². The summed E-state index contributed by atoms with van der Waals surface area (Å²) in [7, 11) is 0. The molecule has 0 atom stereocenters. The van der Waals surface area contributed by atoms with Crippen molar-refractivity contribution in [1.82, 2.24) is 14.9 Å². The summed E-state index contributed by atoms with van der Waals surface area (Å²) in [5.41, 5.74) is 2.49. The predicted octanol–water partition coefficient (Wildman–Crippen LogP) is 2.62. The van der Waals surface area contributed by atoms with Crippen LogP contribution in [0.2, 0.25) is 0 Å². The van der Waals surface area contributed by atoms with Crippen LogP contribution < -0.4 is 0 Å². The van der Waals surface area contributed by atoms with E-state index in [9.17, 15) is 4.79 Å². The zero-order valence-electron chi connectivity index (χ0n) is 11.3. The van der Waals surface area contributed by atoms with Gasteiger partial charge in [-0.3, -0.25) is 4.79 Å². The van der Waals surface area contributed by atoms with Crippen molar-refractivity contribution in [3.8, 4) is 0 Å². The number of piperidine rings is 1. The fraction of sp³-hybridized carbons (Fsp3) is 0.600. The van der Waals surface area contributed by atoms with Crippen LogP contribution in [-0.4, -0.2) is 33.9 Å². The quantitative estimate of drug-likeness (QED) is 0.848. The minimum Gasteiger partial charge on any atom is -0.351 e. The van der Waals surface area contributed by atoms with Crippen LogP contribution in [0.4, 0.5) is 0 Å². The number of nitrogens with zero attached hydrogens (tertiary/aromatic N) is 2. The van der Waals surface area contributed by atoms with Gasteiger partial charge in [0.2, 0.25) is 5.91 Å². The fourth-order valence-electron chi connectivity index (χ4n) is 3.12. The van der Waals surface area contributed by atoms with E-state index in [0.717, 1.165) is 44.5 Å². The molecule has 1 amide bonds. The summed E-state index contributed by atoms with van der Waals surface area (Å²) in [4.78, 5) is 21.6. The molecule has 2 aliphatic rings. The van der Waals surface area contributed by atoms with Crippen molar-refractivity contribution in [2.24, 2.45) is 0 Å². The molecule has 1 aliphatic heterocycles. The van der Waals surface area contributed by atoms with E-state index in [1.807, 2.05) is 11.1 Å². The van der Waals surface area contributed by atoms with Gasteiger partial charge in [0, 0.05) is 31.6 Å². The van der Waals surface area contributed by atoms with Crippen molar-refractivity contribution in [2.45, 2.75) is 44.4 Å². The number of nitrogens with one attached hydrogen (secondary N) is 1. The van der Waals surface area contributed by atoms with Crippen LogP contribution in [0.25, 0.3) is 0 Å². The zero-order valence-corrected chi connectivity index (χ0v) is 11.3. The molecule has 4 heteroatoms. The molecular formula is C15H21N3O. The molecule has 0 bridgehead atoms. The van der Waals surface area contributed by atoms with Crippen LogP contribution in [0, 0.1) is 0 Å². The van der Waals surface area contributed by atoms with Crippen molar-refractivity contribution in [1.29, 1.82) is 0 Å². The lowest BCUT2D eigenvalue weighted by molar-refractivity contribution is -0.131. The molecular weight excluding hydrogens is 238 g/mol. The number of hydrogen-bond donors (Lipinski definition) is 1. The maximum absolute atomic E-state index is 12.2. The first-order valence-electron chi connectivity index (χ1n) is 7.27. The Morgan fingerprint density at radius 1 is 1.42 bits per heavy atom. The van der Waals surface area contributed by atoms with E-state index in [1.54, 1.807) is 6.33 Å². The molecule has 3 rings (SSSR count). The highest BCUT2D eigenvalue weighted by atomic mass is 16.2. The van der Waals surface area contributed by atoms with Crippen LogP contribution in [0.15, 0.2) is 24.2 Å². The highest BCUT2D eigenvalue weighted by molar-refractivity contribution is 5.78. The van der Waals surface area contributed by atoms with Gasteiger partial charge in [-0.05, 0) is 32.1 Å². The Hall–Kier alpha value is -1.58. The second kappa shape index (κ2) is 5.59. The molecule has 2 heterocycles. The second-order valence-corrected chi connectivity index (χ2v) is 5.58. The molecule has 0 aromatic carbocycles. The Balaban J connectivity index is 1.50. The summed E-state index contributed by atoms with van der Waals surface area (Å²) in [6.07, 6.45) is 12.2. The Bertz CT molecular complexity index is 456. The van der Waals surface area contributed by atoms with Crippen LogP contribution in [-0.2, 0) is 4.79 Å². The largest absolute Gasteiger partial charge is 0.351 e. The average Bonchev–Trinajstić information content (AvgIpc) is 3.12. The van der Waals surface area contributed by atoms with Crippen molar-refractivity contribution >= 4 is 5.91 Å². The molecule has 0 spiro atoms. The second-order valence-electron chi connectivity index (χ2n) is 5.58. The number of hydrogen-bond acceptors (Lipinski definition) is 2. The van der Waals surface area contributed by atoms with Crippen LogP contribution in [0.1, 0.15) is 50.1 Å². The number of H-pyrrole nitrogens is 1. The van der Waals surface area contributed by atoms with Crippen LogP contribution in [0.3, 0.4) is 0 Å². The molecule has 4 nitrogen and oxygen atoms in total. The van der Waals surface area contributed by atoms with E-state index in [1.165, 1.54) is 12.0 Å². The first kappa shape index (κ1) is 12.5. The molecule has 1 N–H and O–H groups in total. The Labute approximate surface area is 113 Å². The van der Waals surface area contributed by atoms with Gasteiger partial charge >= 0.3 is 0 Å². The summed E-state index contributed by atoms with van der Waals surface area (Å²) >= 11 is 0. The monoisotopic (exact) mass is 259 g/mol. The number of rotatable bonds is 3. The highest BCUT2D eigenvalue weighted by Crippen LogP contribution is 2.27. The number of allylic oxidation sites excluding steroid dienone is 1. The molecule has 0 saturated carbocycles. The molecule has 1 aliphatic carbocycles. The Kier molecular flexibility index (Phi) is 3.67. The van der Waals surface area contributed by atoms with E-state index in [-0.39, 0.29) is 0 Å². The number of carbonyl (C=O) groups is 1. The van der Waals surface area contributed by atoms with Crippen LogP contribution >= 0.6 is 0 Å². The number of aromatic nitrogens is 2. The molecule has 1 fully saturated rings. The normalized spacial score (nSPS) is 20.6. The minimum atomic E-state index is 0.314. The Morgan fingerprint density at radius 2 is 2.26 bits per heavy atom. The van der Waals surface area contributed by atoms with E-state index in [2.05, 4.69) is 16.0 Å². The van der Waals surface area contributed by atoms with E-state index in [4.69, 9.17) is 0 Å². The molecule has 1 aromatic rings. The van der Waals surface area contributed by atoms with Crippen molar-refractivity contribution in [3.05, 3.63) is 29.9 Å². The summed E-state index contributed by atoms with van der Waals surface area (Å²) in [6, 6.07) is 0. The lowest BCUT2D eigenvalue weighted by Gasteiger charge is -2.31. The fourth-order valence-corrected chi connectivity index (χ4v) is 3.12. The lowest BCUT2D eigenvalue weighted by Crippen LogP contribution is -2.38. The lowest BCUT2D eigenvalue weighted by atomic mass is 9.93. The topological polar surface area (TPSA) is 49.0 Å². The van der Waals surface area contributed by atoms with Gasteiger partial charge in [0.05, 0.1) is 12.0 Å². The third-order valence-corrected chi connectivity index (χ3v) is 4.30. The van der Waals surface area contributed by atoms with Gasteiger partial charge in [0.1, 0.15) is 0 Å². The summed E-state index contributed by atoms with van der Waals surface area (Å²) < 4.78 is 0. The molecule has 0 radical (unpaired) electrons. The molecule has 19 heavy (non-hydrogen) atoms. The van der Waals surface area contributed by atoms with Gasteiger partial charge in [-0.1, -0.05) is 11.6 Å². The van der Waals surface area contributed by atoms with Crippen molar-refractivity contribution < 1.29 is 4.79 Å². The predicted molar refractivity (Wildman–Crippen MR) is 73.7 cm³/mol. The molecule has 0 unspecified atom stereocenters. The molecule has 1 saturated heterocycles. The minimum absolute atomic E-state index is 0.314. The summed E-state index contributed by atoms with van der Waals surface area (Å²) in [5, 5.41) is 0. The Morgan fingerprint density at radius 3 is 2.89 bits per heavy atom.